The first-order chi connectivity index (χ1) is 10.7. The van der Waals surface area contributed by atoms with Crippen LogP contribution in [-0.4, -0.2) is 74.3 Å². The molecule has 1 aromatic heterocycles. The van der Waals surface area contributed by atoms with E-state index in [-0.39, 0.29) is 0 Å². The van der Waals surface area contributed by atoms with Gasteiger partial charge in [0.05, 0.1) is 7.11 Å². The minimum atomic E-state index is 0.747. The van der Waals surface area contributed by atoms with Gasteiger partial charge in [0, 0.05) is 50.9 Å². The van der Waals surface area contributed by atoms with Crippen LogP contribution in [0.1, 0.15) is 18.4 Å². The molecule has 1 aromatic rings. The van der Waals surface area contributed by atoms with Gasteiger partial charge in [-0.1, -0.05) is 6.07 Å². The van der Waals surface area contributed by atoms with Crippen LogP contribution in [0.5, 0.6) is 5.88 Å². The molecule has 0 atom stereocenters. The second kappa shape index (κ2) is 6.84. The summed E-state index contributed by atoms with van der Waals surface area (Å²) in [5.41, 5.74) is 1.10. The molecule has 5 heteroatoms. The number of methoxy groups -OCH3 is 1. The Morgan fingerprint density at radius 1 is 1.05 bits per heavy atom. The third kappa shape index (κ3) is 3.36. The van der Waals surface area contributed by atoms with Crippen LogP contribution >= 0.6 is 0 Å². The molecule has 122 valence electrons. The van der Waals surface area contributed by atoms with E-state index in [9.17, 15) is 0 Å². The van der Waals surface area contributed by atoms with E-state index in [2.05, 4.69) is 38.9 Å². The van der Waals surface area contributed by atoms with E-state index in [1.165, 1.54) is 39.0 Å². The van der Waals surface area contributed by atoms with Crippen LogP contribution in [0.3, 0.4) is 0 Å². The molecule has 0 bridgehead atoms. The number of rotatable bonds is 3. The van der Waals surface area contributed by atoms with E-state index in [1.54, 1.807) is 7.11 Å². The van der Waals surface area contributed by atoms with Crippen molar-refractivity contribution in [3.8, 4) is 5.88 Å². The van der Waals surface area contributed by atoms with Gasteiger partial charge in [0.15, 0.2) is 0 Å². The second-order valence-electron chi connectivity index (χ2n) is 6.55. The number of pyridine rings is 1. The number of hydrogen-bond acceptors (Lipinski definition) is 5. The van der Waals surface area contributed by atoms with Gasteiger partial charge in [-0.05, 0) is 32.9 Å². The van der Waals surface area contributed by atoms with Gasteiger partial charge in [-0.3, -0.25) is 4.90 Å². The zero-order chi connectivity index (χ0) is 15.5. The fraction of sp³-hybridized carbons (Fsp3) is 0.706. The van der Waals surface area contributed by atoms with Crippen LogP contribution in [0.4, 0.5) is 5.82 Å². The topological polar surface area (TPSA) is 31.8 Å². The van der Waals surface area contributed by atoms with Gasteiger partial charge < -0.3 is 14.5 Å². The molecule has 2 fully saturated rings. The molecule has 0 radical (unpaired) electrons. The molecular weight excluding hydrogens is 276 g/mol. The minimum absolute atomic E-state index is 0.747. The van der Waals surface area contributed by atoms with Gasteiger partial charge in [-0.2, -0.15) is 4.98 Å². The van der Waals surface area contributed by atoms with E-state index in [0.717, 1.165) is 36.4 Å². The highest BCUT2D eigenvalue weighted by molar-refractivity contribution is 5.44. The second-order valence-corrected chi connectivity index (χ2v) is 6.55. The predicted molar refractivity (Wildman–Crippen MR) is 89.8 cm³/mol. The Balaban J connectivity index is 1.57. The number of piperazine rings is 1. The van der Waals surface area contributed by atoms with Crippen LogP contribution in [0.25, 0.3) is 0 Å². The summed E-state index contributed by atoms with van der Waals surface area (Å²) in [6, 6.07) is 4.97. The molecule has 3 rings (SSSR count). The van der Waals surface area contributed by atoms with Crippen molar-refractivity contribution in [2.75, 3.05) is 58.3 Å². The number of anilines is 1. The molecule has 5 nitrogen and oxygen atoms in total. The van der Waals surface area contributed by atoms with Crippen LogP contribution in [-0.2, 0) is 0 Å². The van der Waals surface area contributed by atoms with Crippen molar-refractivity contribution >= 4 is 5.82 Å². The van der Waals surface area contributed by atoms with E-state index < -0.39 is 0 Å². The average Bonchev–Trinajstić information content (AvgIpc) is 2.56. The summed E-state index contributed by atoms with van der Waals surface area (Å²) in [5, 5.41) is 0. The maximum atomic E-state index is 5.35. The minimum Gasteiger partial charge on any atom is -0.481 e. The number of nitrogens with zero attached hydrogens (tertiary/aromatic N) is 4. The molecule has 0 aromatic carbocycles. The Labute approximate surface area is 133 Å². The first-order valence-electron chi connectivity index (χ1n) is 8.36. The fourth-order valence-corrected chi connectivity index (χ4v) is 3.53. The third-order valence-electron chi connectivity index (χ3n) is 5.07. The van der Waals surface area contributed by atoms with Crippen LogP contribution in [0.2, 0.25) is 0 Å². The summed E-state index contributed by atoms with van der Waals surface area (Å²) in [5.74, 6) is 1.80. The number of hydrogen-bond donors (Lipinski definition) is 0. The Hall–Kier alpha value is -1.33. The molecule has 3 heterocycles. The lowest BCUT2D eigenvalue weighted by Crippen LogP contribution is -2.52. The third-order valence-corrected chi connectivity index (χ3v) is 5.07. The van der Waals surface area contributed by atoms with Crippen molar-refractivity contribution in [3.63, 3.8) is 0 Å². The van der Waals surface area contributed by atoms with Gasteiger partial charge in [-0.15, -0.1) is 0 Å². The zero-order valence-electron chi connectivity index (χ0n) is 14.1. The molecule has 2 saturated heterocycles. The van der Waals surface area contributed by atoms with Crippen molar-refractivity contribution in [1.29, 1.82) is 0 Å². The van der Waals surface area contributed by atoms with Crippen molar-refractivity contribution in [2.24, 2.45) is 0 Å². The molecule has 0 N–H and O–H groups in total. The lowest BCUT2D eigenvalue weighted by Gasteiger charge is -2.42. The standard InChI is InChI=1S/C17H28N4O/c1-14-4-5-16(18-17(14)22-3)21-8-6-15(7-9-21)20-12-10-19(2)11-13-20/h4-5,15H,6-13H2,1-3H3. The Kier molecular flexibility index (Phi) is 4.84. The summed E-state index contributed by atoms with van der Waals surface area (Å²) in [6.45, 7) is 9.07. The molecule has 0 unspecified atom stereocenters. The van der Waals surface area contributed by atoms with Crippen LogP contribution < -0.4 is 9.64 Å². The molecule has 0 saturated carbocycles. The number of aryl methyl sites for hydroxylation is 1. The normalized spacial score (nSPS) is 22.0. The lowest BCUT2D eigenvalue weighted by molar-refractivity contribution is 0.0981. The zero-order valence-corrected chi connectivity index (χ0v) is 14.1. The number of likely N-dealkylation sites (N-methyl/N-ethyl adjacent to an activating group) is 1. The van der Waals surface area contributed by atoms with Gasteiger partial charge in [0.25, 0.3) is 0 Å². The van der Waals surface area contributed by atoms with Crippen molar-refractivity contribution in [1.82, 2.24) is 14.8 Å². The number of piperidine rings is 1. The summed E-state index contributed by atoms with van der Waals surface area (Å²) in [4.78, 5) is 12.1. The maximum Gasteiger partial charge on any atom is 0.217 e. The molecule has 0 aliphatic carbocycles. The Morgan fingerprint density at radius 3 is 2.36 bits per heavy atom. The Morgan fingerprint density at radius 2 is 1.73 bits per heavy atom. The Bertz CT molecular complexity index is 491. The van der Waals surface area contributed by atoms with Gasteiger partial charge in [-0.25, -0.2) is 0 Å². The maximum absolute atomic E-state index is 5.35. The van der Waals surface area contributed by atoms with Gasteiger partial charge in [0.1, 0.15) is 5.82 Å². The van der Waals surface area contributed by atoms with E-state index in [0.29, 0.717) is 0 Å². The number of aromatic nitrogens is 1. The predicted octanol–water partition coefficient (Wildman–Crippen LogP) is 1.61. The van der Waals surface area contributed by atoms with E-state index >= 15 is 0 Å². The van der Waals surface area contributed by atoms with Gasteiger partial charge in [0.2, 0.25) is 5.88 Å². The van der Waals surface area contributed by atoms with Crippen molar-refractivity contribution in [2.45, 2.75) is 25.8 Å². The monoisotopic (exact) mass is 304 g/mol. The van der Waals surface area contributed by atoms with Crippen LogP contribution in [0, 0.1) is 6.92 Å². The largest absolute Gasteiger partial charge is 0.481 e. The SMILES string of the molecule is COc1nc(N2CCC(N3CCN(C)CC3)CC2)ccc1C. The first-order valence-corrected chi connectivity index (χ1v) is 8.36. The quantitative estimate of drug-likeness (QED) is 0.847. The fourth-order valence-electron chi connectivity index (χ4n) is 3.53. The average molecular weight is 304 g/mol. The molecular formula is C17H28N4O. The highest BCUT2D eigenvalue weighted by Gasteiger charge is 2.27. The highest BCUT2D eigenvalue weighted by atomic mass is 16.5. The smallest absolute Gasteiger partial charge is 0.217 e. The molecule has 0 amide bonds. The van der Waals surface area contributed by atoms with Crippen molar-refractivity contribution in [3.05, 3.63) is 17.7 Å². The van der Waals surface area contributed by atoms with E-state index in [4.69, 9.17) is 4.74 Å². The molecule has 2 aliphatic heterocycles. The summed E-state index contributed by atoms with van der Waals surface area (Å²) >= 11 is 0. The van der Waals surface area contributed by atoms with Gasteiger partial charge >= 0.3 is 0 Å². The first kappa shape index (κ1) is 15.6. The lowest BCUT2D eigenvalue weighted by atomic mass is 10.0. The van der Waals surface area contributed by atoms with E-state index in [1.807, 2.05) is 6.92 Å². The summed E-state index contributed by atoms with van der Waals surface area (Å²) in [7, 11) is 3.91. The molecule has 0 spiro atoms. The highest BCUT2D eigenvalue weighted by Crippen LogP contribution is 2.25. The number of ether oxygens (including phenoxy) is 1. The molecule has 2 aliphatic rings. The molecule has 22 heavy (non-hydrogen) atoms. The summed E-state index contributed by atoms with van der Waals surface area (Å²) < 4.78 is 5.35. The van der Waals surface area contributed by atoms with Crippen molar-refractivity contribution < 1.29 is 4.74 Å². The summed E-state index contributed by atoms with van der Waals surface area (Å²) in [6.07, 6.45) is 2.48. The van der Waals surface area contributed by atoms with Crippen LogP contribution in [0.15, 0.2) is 12.1 Å².